The molecule has 1 aliphatic rings. The van der Waals surface area contributed by atoms with Crippen molar-refractivity contribution in [1.29, 1.82) is 0 Å². The first-order valence-electron chi connectivity index (χ1n) is 6.40. The van der Waals surface area contributed by atoms with Gasteiger partial charge in [0.1, 0.15) is 11.4 Å². The zero-order valence-corrected chi connectivity index (χ0v) is 13.2. The summed E-state index contributed by atoms with van der Waals surface area (Å²) in [4.78, 5) is 0. The lowest BCUT2D eigenvalue weighted by atomic mass is 9.87. The summed E-state index contributed by atoms with van der Waals surface area (Å²) in [6.45, 7) is 1.96. The largest absolute Gasteiger partial charge is 0.380 e. The van der Waals surface area contributed by atoms with Gasteiger partial charge in [0.2, 0.25) is 0 Å². The van der Waals surface area contributed by atoms with Crippen LogP contribution in [0.15, 0.2) is 34.8 Å². The lowest BCUT2D eigenvalue weighted by Gasteiger charge is -2.26. The number of hydrogen-bond acceptors (Lipinski definition) is 1. The van der Waals surface area contributed by atoms with Crippen molar-refractivity contribution in [2.24, 2.45) is 0 Å². The fourth-order valence-electron chi connectivity index (χ4n) is 2.87. The van der Waals surface area contributed by atoms with Gasteiger partial charge in [-0.05, 0) is 52.9 Å². The molecule has 0 fully saturated rings. The van der Waals surface area contributed by atoms with Gasteiger partial charge in [0.25, 0.3) is 0 Å². The van der Waals surface area contributed by atoms with Gasteiger partial charge >= 0.3 is 0 Å². The molecule has 0 saturated carbocycles. The molecule has 0 spiro atoms. The molecule has 20 heavy (non-hydrogen) atoms. The lowest BCUT2D eigenvalue weighted by Crippen LogP contribution is -2.25. The second kappa shape index (κ2) is 4.83. The molecular weight excluding hydrogens is 343 g/mol. The third-order valence-corrected chi connectivity index (χ3v) is 5.21. The Morgan fingerprint density at radius 2 is 2.00 bits per heavy atom. The van der Waals surface area contributed by atoms with Gasteiger partial charge in [0.15, 0.2) is 0 Å². The quantitative estimate of drug-likeness (QED) is 0.733. The highest BCUT2D eigenvalue weighted by Crippen LogP contribution is 2.45. The molecule has 0 bridgehead atoms. The Balaban J connectivity index is 2.22. The van der Waals surface area contributed by atoms with Crippen molar-refractivity contribution in [2.45, 2.75) is 25.4 Å². The highest BCUT2D eigenvalue weighted by atomic mass is 79.9. The molecule has 0 radical (unpaired) electrons. The van der Waals surface area contributed by atoms with Gasteiger partial charge in [0, 0.05) is 10.0 Å². The number of rotatable bonds is 1. The van der Waals surface area contributed by atoms with Gasteiger partial charge in [-0.25, -0.2) is 4.39 Å². The molecule has 0 heterocycles. The summed E-state index contributed by atoms with van der Waals surface area (Å²) in [7, 11) is 0. The molecule has 1 nitrogen and oxygen atoms in total. The van der Waals surface area contributed by atoms with Gasteiger partial charge in [-0.1, -0.05) is 41.4 Å². The number of fused-ring (bicyclic) bond motifs is 1. The number of aryl methyl sites for hydroxylation is 2. The standard InChI is InChI=1S/C16H13BrClFO/c1-9-2-3-10-6-7-16(20,12(10)8-9)11-4-5-13(17)14(18)15(11)19/h2-5,8,20H,6-7H2,1H3. The van der Waals surface area contributed by atoms with Crippen LogP contribution in [0.1, 0.15) is 28.7 Å². The summed E-state index contributed by atoms with van der Waals surface area (Å²) in [6, 6.07) is 9.21. The van der Waals surface area contributed by atoms with Crippen LogP contribution < -0.4 is 0 Å². The molecule has 104 valence electrons. The number of aliphatic hydroxyl groups is 1. The van der Waals surface area contributed by atoms with Crippen LogP contribution >= 0.6 is 27.5 Å². The zero-order valence-electron chi connectivity index (χ0n) is 10.9. The van der Waals surface area contributed by atoms with Crippen LogP contribution in [-0.4, -0.2) is 5.11 Å². The molecular formula is C16H13BrClFO. The maximum absolute atomic E-state index is 14.4. The van der Waals surface area contributed by atoms with E-state index in [0.29, 0.717) is 10.9 Å². The predicted molar refractivity (Wildman–Crippen MR) is 81.6 cm³/mol. The molecule has 1 unspecified atom stereocenters. The van der Waals surface area contributed by atoms with Crippen molar-refractivity contribution >= 4 is 27.5 Å². The van der Waals surface area contributed by atoms with E-state index in [2.05, 4.69) is 15.9 Å². The van der Waals surface area contributed by atoms with E-state index < -0.39 is 11.4 Å². The van der Waals surface area contributed by atoms with E-state index in [1.165, 1.54) is 0 Å². The molecule has 4 heteroatoms. The highest BCUT2D eigenvalue weighted by molar-refractivity contribution is 9.10. The minimum atomic E-state index is -1.30. The van der Waals surface area contributed by atoms with Crippen molar-refractivity contribution in [3.05, 3.63) is 67.9 Å². The first-order valence-corrected chi connectivity index (χ1v) is 7.57. The van der Waals surface area contributed by atoms with E-state index in [-0.39, 0.29) is 10.6 Å². The SMILES string of the molecule is Cc1ccc2c(c1)C(O)(c1ccc(Br)c(Cl)c1F)CC2. The van der Waals surface area contributed by atoms with Crippen molar-refractivity contribution in [3.63, 3.8) is 0 Å². The Morgan fingerprint density at radius 3 is 2.75 bits per heavy atom. The summed E-state index contributed by atoms with van der Waals surface area (Å²) in [5, 5.41) is 11.0. The minimum Gasteiger partial charge on any atom is -0.380 e. The summed E-state index contributed by atoms with van der Waals surface area (Å²) in [5.41, 5.74) is 1.85. The van der Waals surface area contributed by atoms with E-state index >= 15 is 0 Å². The summed E-state index contributed by atoms with van der Waals surface area (Å²) in [5.74, 6) is -0.558. The Kier molecular flexibility index (Phi) is 3.39. The molecule has 1 N–H and O–H groups in total. The molecule has 1 atom stereocenters. The molecule has 0 aliphatic heterocycles. The van der Waals surface area contributed by atoms with Gasteiger partial charge in [-0.2, -0.15) is 0 Å². The van der Waals surface area contributed by atoms with Gasteiger partial charge < -0.3 is 5.11 Å². The van der Waals surface area contributed by atoms with Crippen molar-refractivity contribution in [1.82, 2.24) is 0 Å². The van der Waals surface area contributed by atoms with Gasteiger partial charge in [0.05, 0.1) is 5.02 Å². The molecule has 2 aromatic rings. The molecule has 3 rings (SSSR count). The molecule has 0 saturated heterocycles. The van der Waals surface area contributed by atoms with Crippen LogP contribution in [0.4, 0.5) is 4.39 Å². The first kappa shape index (κ1) is 14.1. The lowest BCUT2D eigenvalue weighted by molar-refractivity contribution is 0.0788. The maximum Gasteiger partial charge on any atom is 0.149 e. The third kappa shape index (κ3) is 2.00. The van der Waals surface area contributed by atoms with E-state index in [4.69, 9.17) is 11.6 Å². The molecule has 0 aromatic heterocycles. The normalized spacial score (nSPS) is 21.1. The fraction of sp³-hybridized carbons (Fsp3) is 0.250. The summed E-state index contributed by atoms with van der Waals surface area (Å²) < 4.78 is 14.9. The number of hydrogen-bond donors (Lipinski definition) is 1. The van der Waals surface area contributed by atoms with E-state index in [9.17, 15) is 9.50 Å². The smallest absolute Gasteiger partial charge is 0.149 e. The summed E-state index contributed by atoms with van der Waals surface area (Å²) in [6.07, 6.45) is 1.21. The molecule has 0 amide bonds. The van der Waals surface area contributed by atoms with Crippen LogP contribution in [-0.2, 0) is 12.0 Å². The van der Waals surface area contributed by atoms with E-state index in [1.807, 2.05) is 25.1 Å². The second-order valence-electron chi connectivity index (χ2n) is 5.24. The van der Waals surface area contributed by atoms with Crippen LogP contribution in [0, 0.1) is 12.7 Å². The number of benzene rings is 2. The predicted octanol–water partition coefficient (Wildman–Crippen LogP) is 4.73. The monoisotopic (exact) mass is 354 g/mol. The van der Waals surface area contributed by atoms with Crippen molar-refractivity contribution in [3.8, 4) is 0 Å². The van der Waals surface area contributed by atoms with Crippen LogP contribution in [0.2, 0.25) is 5.02 Å². The Bertz CT molecular complexity index is 701. The van der Waals surface area contributed by atoms with E-state index in [1.54, 1.807) is 12.1 Å². The van der Waals surface area contributed by atoms with E-state index in [0.717, 1.165) is 23.1 Å². The maximum atomic E-state index is 14.4. The van der Waals surface area contributed by atoms with Crippen LogP contribution in [0.5, 0.6) is 0 Å². The Morgan fingerprint density at radius 1 is 1.25 bits per heavy atom. The topological polar surface area (TPSA) is 20.2 Å². The average molecular weight is 356 g/mol. The van der Waals surface area contributed by atoms with Gasteiger partial charge in [-0.3, -0.25) is 0 Å². The van der Waals surface area contributed by atoms with Crippen molar-refractivity contribution < 1.29 is 9.50 Å². The van der Waals surface area contributed by atoms with Crippen molar-refractivity contribution in [2.75, 3.05) is 0 Å². The van der Waals surface area contributed by atoms with Gasteiger partial charge in [-0.15, -0.1) is 0 Å². The second-order valence-corrected chi connectivity index (χ2v) is 6.48. The molecule has 1 aliphatic carbocycles. The highest BCUT2D eigenvalue weighted by Gasteiger charge is 2.40. The zero-order chi connectivity index (χ0) is 14.5. The Labute approximate surface area is 130 Å². The molecule has 2 aromatic carbocycles. The number of halogens is 3. The van der Waals surface area contributed by atoms with Crippen LogP contribution in [0.25, 0.3) is 0 Å². The third-order valence-electron chi connectivity index (χ3n) is 3.95. The average Bonchev–Trinajstić information content (AvgIpc) is 2.74. The van der Waals surface area contributed by atoms with Crippen LogP contribution in [0.3, 0.4) is 0 Å². The minimum absolute atomic E-state index is 0.0111. The first-order chi connectivity index (χ1) is 9.43. The Hall–Kier alpha value is -0.900. The fourth-order valence-corrected chi connectivity index (χ4v) is 3.34. The summed E-state index contributed by atoms with van der Waals surface area (Å²) >= 11 is 9.14.